The van der Waals surface area contributed by atoms with E-state index in [4.69, 9.17) is 4.74 Å². The summed E-state index contributed by atoms with van der Waals surface area (Å²) in [5.74, 6) is 0. The summed E-state index contributed by atoms with van der Waals surface area (Å²) in [4.78, 5) is 12.0. The van der Waals surface area contributed by atoms with E-state index >= 15 is 0 Å². The fourth-order valence-electron chi connectivity index (χ4n) is 2.77. The van der Waals surface area contributed by atoms with E-state index in [2.05, 4.69) is 5.32 Å². The average molecular weight is 250 g/mol. The first-order valence-electron chi connectivity index (χ1n) is 6.66. The van der Waals surface area contributed by atoms with Crippen LogP contribution in [0.1, 0.15) is 36.6 Å². The predicted octanol–water partition coefficient (Wildman–Crippen LogP) is 1.48. The van der Waals surface area contributed by atoms with Gasteiger partial charge >= 0.3 is 0 Å². The Kier molecular flexibility index (Phi) is 4.55. The van der Waals surface area contributed by atoms with Gasteiger partial charge in [-0.3, -0.25) is 4.79 Å². The maximum absolute atomic E-state index is 12.0. The van der Waals surface area contributed by atoms with Gasteiger partial charge in [0.2, 0.25) is 0 Å². The highest BCUT2D eigenvalue weighted by molar-refractivity contribution is 5.27. The molecule has 1 heterocycles. The number of ether oxygens (including phenoxy) is 1. The predicted molar refractivity (Wildman–Crippen MR) is 71.9 cm³/mol. The van der Waals surface area contributed by atoms with E-state index in [-0.39, 0.29) is 5.56 Å². The second-order valence-corrected chi connectivity index (χ2v) is 4.81. The van der Waals surface area contributed by atoms with E-state index in [1.165, 1.54) is 11.3 Å². The Labute approximate surface area is 108 Å². The first-order chi connectivity index (χ1) is 8.77. The van der Waals surface area contributed by atoms with Crippen molar-refractivity contribution in [3.05, 3.63) is 33.7 Å². The molecular formula is C14H22N2O2. The molecule has 0 aliphatic heterocycles. The fourth-order valence-corrected chi connectivity index (χ4v) is 2.77. The third-order valence-electron chi connectivity index (χ3n) is 3.69. The summed E-state index contributed by atoms with van der Waals surface area (Å²) in [6, 6.07) is 4.08. The number of pyridine rings is 1. The van der Waals surface area contributed by atoms with Crippen LogP contribution in [0.5, 0.6) is 0 Å². The molecule has 1 N–H and O–H groups in total. The second kappa shape index (κ2) is 6.16. The zero-order valence-electron chi connectivity index (χ0n) is 11.2. The summed E-state index contributed by atoms with van der Waals surface area (Å²) in [6.07, 6.45) is 4.19. The number of aromatic nitrogens is 1. The van der Waals surface area contributed by atoms with Crippen molar-refractivity contribution in [3.63, 3.8) is 0 Å². The van der Waals surface area contributed by atoms with Gasteiger partial charge in [-0.1, -0.05) is 6.07 Å². The number of methoxy groups -OCH3 is 1. The molecule has 1 atom stereocenters. The lowest BCUT2D eigenvalue weighted by Gasteiger charge is -2.27. The molecule has 0 bridgehead atoms. The van der Waals surface area contributed by atoms with E-state index in [1.54, 1.807) is 13.2 Å². The Morgan fingerprint density at radius 2 is 2.33 bits per heavy atom. The Morgan fingerprint density at radius 1 is 1.50 bits per heavy atom. The van der Waals surface area contributed by atoms with Crippen molar-refractivity contribution in [3.8, 4) is 0 Å². The smallest absolute Gasteiger partial charge is 0.250 e. The molecule has 0 spiro atoms. The van der Waals surface area contributed by atoms with Gasteiger partial charge in [-0.25, -0.2) is 0 Å². The molecule has 1 aliphatic rings. The molecule has 1 aliphatic carbocycles. The Morgan fingerprint density at radius 3 is 3.06 bits per heavy atom. The van der Waals surface area contributed by atoms with E-state index in [0.29, 0.717) is 12.6 Å². The maximum Gasteiger partial charge on any atom is 0.250 e. The van der Waals surface area contributed by atoms with E-state index in [1.807, 2.05) is 17.7 Å². The minimum absolute atomic E-state index is 0.113. The van der Waals surface area contributed by atoms with Crippen LogP contribution in [-0.2, 0) is 17.7 Å². The number of nitrogens with zero attached hydrogens (tertiary/aromatic N) is 1. The van der Waals surface area contributed by atoms with Crippen molar-refractivity contribution in [1.82, 2.24) is 9.88 Å². The van der Waals surface area contributed by atoms with Crippen molar-refractivity contribution in [2.75, 3.05) is 20.8 Å². The monoisotopic (exact) mass is 250 g/mol. The van der Waals surface area contributed by atoms with Crippen molar-refractivity contribution >= 4 is 0 Å². The first-order valence-corrected chi connectivity index (χ1v) is 6.66. The van der Waals surface area contributed by atoms with Gasteiger partial charge in [0, 0.05) is 38.1 Å². The summed E-state index contributed by atoms with van der Waals surface area (Å²) in [6.45, 7) is 1.46. The van der Waals surface area contributed by atoms with Crippen LogP contribution in [0.3, 0.4) is 0 Å². The topological polar surface area (TPSA) is 43.3 Å². The molecule has 0 radical (unpaired) electrons. The molecule has 0 fully saturated rings. The normalized spacial score (nSPS) is 18.7. The van der Waals surface area contributed by atoms with Crippen molar-refractivity contribution in [2.45, 2.75) is 38.3 Å². The van der Waals surface area contributed by atoms with Gasteiger partial charge in [0.1, 0.15) is 0 Å². The molecule has 1 aromatic rings. The summed E-state index contributed by atoms with van der Waals surface area (Å²) < 4.78 is 6.99. The largest absolute Gasteiger partial charge is 0.385 e. The fraction of sp³-hybridized carbons (Fsp3) is 0.643. The lowest BCUT2D eigenvalue weighted by atomic mass is 9.91. The van der Waals surface area contributed by atoms with Gasteiger partial charge in [-0.15, -0.1) is 0 Å². The Hall–Kier alpha value is -1.13. The third-order valence-corrected chi connectivity index (χ3v) is 3.69. The minimum atomic E-state index is 0.113. The van der Waals surface area contributed by atoms with Gasteiger partial charge in [-0.2, -0.15) is 0 Å². The van der Waals surface area contributed by atoms with E-state index < -0.39 is 0 Å². The second-order valence-electron chi connectivity index (χ2n) is 4.81. The number of rotatable bonds is 5. The van der Waals surface area contributed by atoms with Gasteiger partial charge in [0.05, 0.1) is 0 Å². The standard InChI is InChI=1S/C14H22N2O2/c1-15-12-5-3-6-13-11(12)7-8-14(17)16(13)9-4-10-18-2/h7-8,12,15H,3-6,9-10H2,1-2H3. The third kappa shape index (κ3) is 2.65. The van der Waals surface area contributed by atoms with Crippen molar-refractivity contribution < 1.29 is 4.74 Å². The Bertz CT molecular complexity index is 454. The molecule has 100 valence electrons. The number of fused-ring (bicyclic) bond motifs is 1. The van der Waals surface area contributed by atoms with Gasteiger partial charge < -0.3 is 14.6 Å². The van der Waals surface area contributed by atoms with Gasteiger partial charge in [0.15, 0.2) is 0 Å². The van der Waals surface area contributed by atoms with Crippen LogP contribution < -0.4 is 10.9 Å². The van der Waals surface area contributed by atoms with Crippen LogP contribution in [0.2, 0.25) is 0 Å². The molecule has 1 unspecified atom stereocenters. The molecule has 18 heavy (non-hydrogen) atoms. The first kappa shape index (κ1) is 13.3. The van der Waals surface area contributed by atoms with Crippen LogP contribution in [0.25, 0.3) is 0 Å². The maximum atomic E-state index is 12.0. The van der Waals surface area contributed by atoms with Gasteiger partial charge in [0.25, 0.3) is 5.56 Å². The molecular weight excluding hydrogens is 228 g/mol. The highest BCUT2D eigenvalue weighted by Gasteiger charge is 2.21. The molecule has 1 aromatic heterocycles. The lowest BCUT2D eigenvalue weighted by molar-refractivity contribution is 0.189. The number of hydrogen-bond acceptors (Lipinski definition) is 3. The molecule has 0 amide bonds. The summed E-state index contributed by atoms with van der Waals surface area (Å²) in [5, 5.41) is 3.33. The summed E-state index contributed by atoms with van der Waals surface area (Å²) in [5.41, 5.74) is 2.62. The molecule has 4 heteroatoms. The van der Waals surface area contributed by atoms with Crippen LogP contribution >= 0.6 is 0 Å². The summed E-state index contributed by atoms with van der Waals surface area (Å²) >= 11 is 0. The van der Waals surface area contributed by atoms with Crippen molar-refractivity contribution in [1.29, 1.82) is 0 Å². The quantitative estimate of drug-likeness (QED) is 0.805. The zero-order valence-corrected chi connectivity index (χ0v) is 11.2. The number of hydrogen-bond donors (Lipinski definition) is 1. The zero-order chi connectivity index (χ0) is 13.0. The van der Waals surface area contributed by atoms with Crippen LogP contribution in [0, 0.1) is 0 Å². The van der Waals surface area contributed by atoms with E-state index in [9.17, 15) is 4.79 Å². The highest BCUT2D eigenvalue weighted by atomic mass is 16.5. The molecule has 2 rings (SSSR count). The highest BCUT2D eigenvalue weighted by Crippen LogP contribution is 2.28. The van der Waals surface area contributed by atoms with Crippen LogP contribution in [0.15, 0.2) is 16.9 Å². The molecule has 4 nitrogen and oxygen atoms in total. The number of nitrogens with one attached hydrogen (secondary N) is 1. The molecule has 0 saturated heterocycles. The minimum Gasteiger partial charge on any atom is -0.385 e. The lowest BCUT2D eigenvalue weighted by Crippen LogP contribution is -2.30. The molecule has 0 saturated carbocycles. The van der Waals surface area contributed by atoms with Crippen molar-refractivity contribution in [2.24, 2.45) is 0 Å². The van der Waals surface area contributed by atoms with Crippen LogP contribution in [-0.4, -0.2) is 25.3 Å². The van der Waals surface area contributed by atoms with Crippen LogP contribution in [0.4, 0.5) is 0 Å². The molecule has 0 aromatic carbocycles. The van der Waals surface area contributed by atoms with Gasteiger partial charge in [-0.05, 0) is 38.3 Å². The van der Waals surface area contributed by atoms with E-state index in [0.717, 1.165) is 32.2 Å². The summed E-state index contributed by atoms with van der Waals surface area (Å²) in [7, 11) is 3.68. The Balaban J connectivity index is 2.30. The SMILES string of the molecule is CNC1CCCc2c1ccc(=O)n2CCCOC. The average Bonchev–Trinajstić information content (AvgIpc) is 2.40.